The second kappa shape index (κ2) is 13.4. The fourth-order valence-corrected chi connectivity index (χ4v) is 2.78. The van der Waals surface area contributed by atoms with Crippen LogP contribution in [-0.4, -0.2) is 61.3 Å². The zero-order valence-electron chi connectivity index (χ0n) is 14.5. The summed E-state index contributed by atoms with van der Waals surface area (Å²) in [5, 5.41) is 15.7. The summed E-state index contributed by atoms with van der Waals surface area (Å²) in [5.41, 5.74) is 0. The van der Waals surface area contributed by atoms with Crippen LogP contribution in [0.1, 0.15) is 46.5 Å². The first kappa shape index (κ1) is 21.9. The number of halogens is 1. The number of likely N-dealkylation sites (tertiary alicyclic amines) is 1. The van der Waals surface area contributed by atoms with Gasteiger partial charge in [-0.25, -0.2) is 0 Å². The number of guanidine groups is 1. The van der Waals surface area contributed by atoms with Crippen molar-refractivity contribution < 1.29 is 5.11 Å². The minimum absolute atomic E-state index is 0. The molecule has 6 heteroatoms. The molecule has 22 heavy (non-hydrogen) atoms. The molecule has 0 radical (unpaired) electrons. The van der Waals surface area contributed by atoms with E-state index >= 15 is 0 Å². The summed E-state index contributed by atoms with van der Waals surface area (Å²) < 4.78 is 0. The molecule has 0 spiro atoms. The third-order valence-electron chi connectivity index (χ3n) is 4.13. The Morgan fingerprint density at radius 1 is 1.32 bits per heavy atom. The van der Waals surface area contributed by atoms with E-state index in [-0.39, 0.29) is 36.5 Å². The third kappa shape index (κ3) is 8.53. The highest BCUT2D eigenvalue weighted by molar-refractivity contribution is 14.0. The second-order valence-electron chi connectivity index (χ2n) is 6.03. The predicted octanol–water partition coefficient (Wildman–Crippen LogP) is 2.05. The monoisotopic (exact) mass is 426 g/mol. The molecule has 3 N–H and O–H groups in total. The molecule has 1 fully saturated rings. The molecule has 132 valence electrons. The summed E-state index contributed by atoms with van der Waals surface area (Å²) in [7, 11) is 0. The Morgan fingerprint density at radius 2 is 2.09 bits per heavy atom. The molecule has 1 aliphatic rings. The molecule has 0 aliphatic carbocycles. The smallest absolute Gasteiger partial charge is 0.191 e. The number of aliphatic hydroxyl groups is 1. The maximum Gasteiger partial charge on any atom is 0.191 e. The predicted molar refractivity (Wildman–Crippen MR) is 105 cm³/mol. The molecule has 2 atom stereocenters. The summed E-state index contributed by atoms with van der Waals surface area (Å²) >= 11 is 0. The van der Waals surface area contributed by atoms with E-state index in [0.29, 0.717) is 6.54 Å². The summed E-state index contributed by atoms with van der Waals surface area (Å²) in [4.78, 5) is 7.13. The number of rotatable bonds is 8. The highest BCUT2D eigenvalue weighted by Crippen LogP contribution is 2.18. The third-order valence-corrected chi connectivity index (χ3v) is 4.13. The first-order chi connectivity index (χ1) is 10.2. The minimum atomic E-state index is 0. The van der Waals surface area contributed by atoms with E-state index in [1.54, 1.807) is 0 Å². The summed E-state index contributed by atoms with van der Waals surface area (Å²) in [6.07, 6.45) is 5.31. The molecule has 0 amide bonds. The summed E-state index contributed by atoms with van der Waals surface area (Å²) in [6, 6.07) is 0.759. The number of aliphatic hydroxyl groups excluding tert-OH is 1. The minimum Gasteiger partial charge on any atom is -0.396 e. The first-order valence-electron chi connectivity index (χ1n) is 8.58. The average Bonchev–Trinajstić information content (AvgIpc) is 2.52. The van der Waals surface area contributed by atoms with Gasteiger partial charge in [0.1, 0.15) is 0 Å². The number of nitrogens with zero attached hydrogens (tertiary/aromatic N) is 2. The van der Waals surface area contributed by atoms with Gasteiger partial charge in [0.15, 0.2) is 5.96 Å². The maximum absolute atomic E-state index is 9.06. The van der Waals surface area contributed by atoms with Crippen molar-refractivity contribution in [1.29, 1.82) is 0 Å². The van der Waals surface area contributed by atoms with Crippen molar-refractivity contribution >= 4 is 29.9 Å². The van der Waals surface area contributed by atoms with Crippen LogP contribution in [0.2, 0.25) is 0 Å². The molecular formula is C16H35IN4O. The van der Waals surface area contributed by atoms with Crippen molar-refractivity contribution in [2.24, 2.45) is 10.9 Å². The summed E-state index contributed by atoms with van der Waals surface area (Å²) in [6.45, 7) is 11.3. The van der Waals surface area contributed by atoms with Gasteiger partial charge in [-0.3, -0.25) is 9.89 Å². The van der Waals surface area contributed by atoms with Crippen LogP contribution in [-0.2, 0) is 0 Å². The van der Waals surface area contributed by atoms with Crippen LogP contribution in [0.25, 0.3) is 0 Å². The highest BCUT2D eigenvalue weighted by atomic mass is 127. The van der Waals surface area contributed by atoms with Crippen LogP contribution in [0, 0.1) is 5.92 Å². The lowest BCUT2D eigenvalue weighted by Gasteiger charge is -2.35. The zero-order chi connectivity index (χ0) is 15.5. The van der Waals surface area contributed by atoms with Gasteiger partial charge >= 0.3 is 0 Å². The van der Waals surface area contributed by atoms with E-state index < -0.39 is 0 Å². The molecule has 0 aromatic rings. The Labute approximate surface area is 153 Å². The molecule has 2 unspecified atom stereocenters. The lowest BCUT2D eigenvalue weighted by molar-refractivity contribution is 0.147. The van der Waals surface area contributed by atoms with Crippen LogP contribution in [0.3, 0.4) is 0 Å². The molecule has 0 bridgehead atoms. The Hall–Kier alpha value is -0.0800. The van der Waals surface area contributed by atoms with Crippen molar-refractivity contribution in [3.05, 3.63) is 0 Å². The Balaban J connectivity index is 0.00000441. The van der Waals surface area contributed by atoms with E-state index in [9.17, 15) is 0 Å². The van der Waals surface area contributed by atoms with E-state index in [2.05, 4.69) is 34.4 Å². The standard InChI is InChI=1S/C16H34N4O.HI/c1-4-15-8-6-7-10-20(15)11-9-18-16(17-5-2)19-12-14(3)13-21;/h14-15,21H,4-13H2,1-3H3,(H2,17,18,19);1H. The maximum atomic E-state index is 9.06. The number of hydrogen-bond donors (Lipinski definition) is 3. The fraction of sp³-hybridized carbons (Fsp3) is 0.938. The Bertz CT molecular complexity index is 302. The molecule has 0 aromatic heterocycles. The molecule has 0 aromatic carbocycles. The lowest BCUT2D eigenvalue weighted by Crippen LogP contribution is -2.46. The first-order valence-corrected chi connectivity index (χ1v) is 8.58. The van der Waals surface area contributed by atoms with Crippen LogP contribution in [0.15, 0.2) is 4.99 Å². The van der Waals surface area contributed by atoms with Gasteiger partial charge in [0.2, 0.25) is 0 Å². The van der Waals surface area contributed by atoms with Gasteiger partial charge in [-0.05, 0) is 38.6 Å². The molecule has 1 heterocycles. The van der Waals surface area contributed by atoms with Crippen LogP contribution < -0.4 is 10.6 Å². The number of nitrogens with one attached hydrogen (secondary N) is 2. The Kier molecular flexibility index (Phi) is 13.3. The van der Waals surface area contributed by atoms with Crippen LogP contribution in [0.5, 0.6) is 0 Å². The van der Waals surface area contributed by atoms with Crippen LogP contribution >= 0.6 is 24.0 Å². The second-order valence-corrected chi connectivity index (χ2v) is 6.03. The molecule has 1 saturated heterocycles. The molecule has 1 rings (SSSR count). The summed E-state index contributed by atoms with van der Waals surface area (Å²) in [5.74, 6) is 1.08. The number of hydrogen-bond acceptors (Lipinski definition) is 3. The number of piperidine rings is 1. The molecule has 5 nitrogen and oxygen atoms in total. The van der Waals surface area contributed by atoms with Crippen molar-refractivity contribution in [1.82, 2.24) is 15.5 Å². The van der Waals surface area contributed by atoms with E-state index in [1.807, 2.05) is 6.92 Å². The van der Waals surface area contributed by atoms with Crippen molar-refractivity contribution in [3.8, 4) is 0 Å². The topological polar surface area (TPSA) is 59.9 Å². The van der Waals surface area contributed by atoms with Gasteiger partial charge in [-0.15, -0.1) is 24.0 Å². The molecule has 1 aliphatic heterocycles. The van der Waals surface area contributed by atoms with E-state index in [1.165, 1.54) is 32.2 Å². The molecular weight excluding hydrogens is 391 g/mol. The largest absolute Gasteiger partial charge is 0.396 e. The van der Waals surface area contributed by atoms with Crippen molar-refractivity contribution in [2.45, 2.75) is 52.5 Å². The zero-order valence-corrected chi connectivity index (χ0v) is 16.8. The van der Waals surface area contributed by atoms with Crippen molar-refractivity contribution in [3.63, 3.8) is 0 Å². The normalized spacial score (nSPS) is 21.1. The van der Waals surface area contributed by atoms with E-state index in [4.69, 9.17) is 5.11 Å². The van der Waals surface area contributed by atoms with Gasteiger partial charge in [-0.2, -0.15) is 0 Å². The fourth-order valence-electron chi connectivity index (χ4n) is 2.78. The SMILES string of the molecule is CCNC(=NCC(C)CO)NCCN1CCCCC1CC.I. The number of aliphatic imine (C=N–C) groups is 1. The van der Waals surface area contributed by atoms with Gasteiger partial charge in [0.25, 0.3) is 0 Å². The Morgan fingerprint density at radius 3 is 2.73 bits per heavy atom. The molecule has 0 saturated carbocycles. The van der Waals surface area contributed by atoms with Gasteiger partial charge in [-0.1, -0.05) is 20.3 Å². The lowest BCUT2D eigenvalue weighted by atomic mass is 10.0. The van der Waals surface area contributed by atoms with Gasteiger partial charge < -0.3 is 15.7 Å². The quantitative estimate of drug-likeness (QED) is 0.316. The van der Waals surface area contributed by atoms with Crippen molar-refractivity contribution in [2.75, 3.05) is 39.3 Å². The van der Waals surface area contributed by atoms with E-state index in [0.717, 1.165) is 31.6 Å². The average molecular weight is 426 g/mol. The highest BCUT2D eigenvalue weighted by Gasteiger charge is 2.19. The van der Waals surface area contributed by atoms with Crippen LogP contribution in [0.4, 0.5) is 0 Å². The van der Waals surface area contributed by atoms with Gasteiger partial charge in [0, 0.05) is 38.8 Å². The van der Waals surface area contributed by atoms with Gasteiger partial charge in [0.05, 0.1) is 0 Å².